The predicted octanol–water partition coefficient (Wildman–Crippen LogP) is 4.92. The maximum Gasteiger partial charge on any atom is 0.346 e. The molecule has 0 spiro atoms. The van der Waals surface area contributed by atoms with E-state index in [9.17, 15) is 4.79 Å². The van der Waals surface area contributed by atoms with Crippen LogP contribution in [0.1, 0.15) is 13.3 Å². The van der Waals surface area contributed by atoms with Crippen LogP contribution < -0.4 is 10.5 Å². The first-order valence-electron chi connectivity index (χ1n) is 8.86. The lowest BCUT2D eigenvalue weighted by molar-refractivity contribution is 0.563. The Balaban J connectivity index is 1.59. The average molecular weight is 362 g/mol. The smallest absolute Gasteiger partial charge is 0.346 e. The van der Waals surface area contributed by atoms with E-state index in [4.69, 9.17) is 4.42 Å². The number of nitrogens with zero attached hydrogens (tertiary/aromatic N) is 2. The number of fused-ring (bicyclic) bond motifs is 2. The molecule has 3 heterocycles. The van der Waals surface area contributed by atoms with Crippen LogP contribution in [0.25, 0.3) is 31.8 Å². The maximum absolute atomic E-state index is 12.6. The third-order valence-corrected chi connectivity index (χ3v) is 6.10. The lowest BCUT2D eigenvalue weighted by Gasteiger charge is -2.18. The highest BCUT2D eigenvalue weighted by atomic mass is 32.1. The largest absolute Gasteiger partial charge is 0.422 e. The van der Waals surface area contributed by atoms with Gasteiger partial charge in [0.2, 0.25) is 0 Å². The SMILES string of the molecule is CC1CCN(c2ccc3cc(-c4nc5ccccc5s4)c(=O)oc3c2)C1. The second-order valence-electron chi connectivity index (χ2n) is 7.00. The summed E-state index contributed by atoms with van der Waals surface area (Å²) in [4.78, 5) is 19.5. The fraction of sp³-hybridized carbons (Fsp3) is 0.238. The predicted molar refractivity (Wildman–Crippen MR) is 107 cm³/mol. The van der Waals surface area contributed by atoms with Gasteiger partial charge in [-0.3, -0.25) is 0 Å². The van der Waals surface area contributed by atoms with Gasteiger partial charge in [0.05, 0.1) is 15.8 Å². The van der Waals surface area contributed by atoms with Crippen molar-refractivity contribution in [1.29, 1.82) is 0 Å². The minimum atomic E-state index is -0.330. The van der Waals surface area contributed by atoms with Crippen molar-refractivity contribution < 1.29 is 4.42 Å². The van der Waals surface area contributed by atoms with Gasteiger partial charge in [-0.05, 0) is 42.7 Å². The summed E-state index contributed by atoms with van der Waals surface area (Å²) in [6, 6.07) is 15.9. The highest BCUT2D eigenvalue weighted by Crippen LogP contribution is 2.31. The molecule has 0 aliphatic carbocycles. The fourth-order valence-corrected chi connectivity index (χ4v) is 4.57. The molecular formula is C21H18N2O2S. The number of para-hydroxylation sites is 1. The first kappa shape index (κ1) is 15.6. The van der Waals surface area contributed by atoms with Crippen LogP contribution in [0.4, 0.5) is 5.69 Å². The molecule has 5 heteroatoms. The number of aromatic nitrogens is 1. The molecule has 0 amide bonds. The van der Waals surface area contributed by atoms with E-state index in [1.807, 2.05) is 42.5 Å². The lowest BCUT2D eigenvalue weighted by Crippen LogP contribution is -2.18. The van der Waals surface area contributed by atoms with Crippen molar-refractivity contribution >= 4 is 38.2 Å². The summed E-state index contributed by atoms with van der Waals surface area (Å²) in [7, 11) is 0. The van der Waals surface area contributed by atoms with Gasteiger partial charge in [0.25, 0.3) is 0 Å². The van der Waals surface area contributed by atoms with Crippen molar-refractivity contribution in [1.82, 2.24) is 4.98 Å². The topological polar surface area (TPSA) is 46.3 Å². The normalized spacial score (nSPS) is 17.4. The molecule has 2 aromatic heterocycles. The van der Waals surface area contributed by atoms with Crippen LogP contribution in [0.15, 0.2) is 57.7 Å². The van der Waals surface area contributed by atoms with E-state index in [1.54, 1.807) is 0 Å². The Labute approximate surface area is 154 Å². The molecule has 1 unspecified atom stereocenters. The van der Waals surface area contributed by atoms with Crippen molar-refractivity contribution in [3.8, 4) is 10.6 Å². The van der Waals surface area contributed by atoms with E-state index in [0.717, 1.165) is 34.4 Å². The quantitative estimate of drug-likeness (QED) is 0.475. The van der Waals surface area contributed by atoms with Crippen LogP contribution in [0.2, 0.25) is 0 Å². The van der Waals surface area contributed by atoms with Gasteiger partial charge in [0.1, 0.15) is 10.6 Å². The highest BCUT2D eigenvalue weighted by molar-refractivity contribution is 7.21. The van der Waals surface area contributed by atoms with E-state index >= 15 is 0 Å². The Hall–Kier alpha value is -2.66. The lowest BCUT2D eigenvalue weighted by atomic mass is 10.1. The number of thiazole rings is 1. The minimum absolute atomic E-state index is 0.330. The monoisotopic (exact) mass is 362 g/mol. The van der Waals surface area contributed by atoms with E-state index in [1.165, 1.54) is 17.8 Å². The summed E-state index contributed by atoms with van der Waals surface area (Å²) in [6.07, 6.45) is 1.21. The van der Waals surface area contributed by atoms with Gasteiger partial charge in [-0.15, -0.1) is 11.3 Å². The molecule has 1 fully saturated rings. The zero-order valence-corrected chi connectivity index (χ0v) is 15.3. The van der Waals surface area contributed by atoms with Crippen molar-refractivity contribution in [3.05, 3.63) is 59.0 Å². The standard InChI is InChI=1S/C21H18N2O2S/c1-13-8-9-23(12-13)15-7-6-14-10-16(21(24)25-18(14)11-15)20-22-17-4-2-3-5-19(17)26-20/h2-7,10-11,13H,8-9,12H2,1H3. The van der Waals surface area contributed by atoms with Gasteiger partial charge in [0.15, 0.2) is 0 Å². The van der Waals surface area contributed by atoms with Gasteiger partial charge in [-0.25, -0.2) is 9.78 Å². The van der Waals surface area contributed by atoms with Crippen LogP contribution in [0.5, 0.6) is 0 Å². The molecule has 130 valence electrons. The molecule has 1 aliphatic heterocycles. The Morgan fingerprint density at radius 2 is 2.08 bits per heavy atom. The van der Waals surface area contributed by atoms with Crippen molar-refractivity contribution in [2.24, 2.45) is 5.92 Å². The Kier molecular flexibility index (Phi) is 3.57. The summed E-state index contributed by atoms with van der Waals surface area (Å²) in [6.45, 7) is 4.38. The molecule has 1 aliphatic rings. The van der Waals surface area contributed by atoms with E-state index in [2.05, 4.69) is 22.9 Å². The molecule has 5 rings (SSSR count). The van der Waals surface area contributed by atoms with E-state index in [0.29, 0.717) is 22.1 Å². The zero-order chi connectivity index (χ0) is 17.7. The minimum Gasteiger partial charge on any atom is -0.422 e. The third kappa shape index (κ3) is 2.59. The van der Waals surface area contributed by atoms with Gasteiger partial charge >= 0.3 is 5.63 Å². The summed E-state index contributed by atoms with van der Waals surface area (Å²) in [5.41, 5.74) is 2.87. The number of hydrogen-bond donors (Lipinski definition) is 0. The van der Waals surface area contributed by atoms with Gasteiger partial charge in [0, 0.05) is 30.2 Å². The molecule has 1 saturated heterocycles. The number of hydrogen-bond acceptors (Lipinski definition) is 5. The molecule has 4 nitrogen and oxygen atoms in total. The van der Waals surface area contributed by atoms with Crippen LogP contribution in [-0.2, 0) is 0 Å². The first-order chi connectivity index (χ1) is 12.7. The second-order valence-corrected chi connectivity index (χ2v) is 8.03. The Bertz CT molecular complexity index is 1140. The van der Waals surface area contributed by atoms with Crippen LogP contribution in [0.3, 0.4) is 0 Å². The van der Waals surface area contributed by atoms with Crippen molar-refractivity contribution in [2.75, 3.05) is 18.0 Å². The molecule has 0 bridgehead atoms. The molecule has 4 aromatic rings. The molecule has 0 radical (unpaired) electrons. The second kappa shape index (κ2) is 5.95. The van der Waals surface area contributed by atoms with Crippen LogP contribution in [0, 0.1) is 5.92 Å². The molecule has 1 atom stereocenters. The summed E-state index contributed by atoms with van der Waals surface area (Å²) in [5, 5.41) is 1.63. The average Bonchev–Trinajstić information content (AvgIpc) is 3.26. The van der Waals surface area contributed by atoms with Gasteiger partial charge in [-0.2, -0.15) is 0 Å². The maximum atomic E-state index is 12.6. The van der Waals surface area contributed by atoms with E-state index in [-0.39, 0.29) is 5.63 Å². The highest BCUT2D eigenvalue weighted by Gasteiger charge is 2.20. The fourth-order valence-electron chi connectivity index (χ4n) is 3.60. The molecule has 0 N–H and O–H groups in total. The number of anilines is 1. The van der Waals surface area contributed by atoms with E-state index < -0.39 is 0 Å². The van der Waals surface area contributed by atoms with Gasteiger partial charge < -0.3 is 9.32 Å². The molecular weight excluding hydrogens is 344 g/mol. The third-order valence-electron chi connectivity index (χ3n) is 5.03. The molecule has 26 heavy (non-hydrogen) atoms. The van der Waals surface area contributed by atoms with Gasteiger partial charge in [-0.1, -0.05) is 19.1 Å². The van der Waals surface area contributed by atoms with Crippen molar-refractivity contribution in [3.63, 3.8) is 0 Å². The van der Waals surface area contributed by atoms with Crippen molar-refractivity contribution in [2.45, 2.75) is 13.3 Å². The summed E-state index contributed by atoms with van der Waals surface area (Å²) in [5.74, 6) is 0.708. The number of rotatable bonds is 2. The summed E-state index contributed by atoms with van der Waals surface area (Å²) >= 11 is 1.52. The number of benzene rings is 2. The summed E-state index contributed by atoms with van der Waals surface area (Å²) < 4.78 is 6.72. The Morgan fingerprint density at radius 3 is 2.88 bits per heavy atom. The van der Waals surface area contributed by atoms with Crippen LogP contribution >= 0.6 is 11.3 Å². The first-order valence-corrected chi connectivity index (χ1v) is 9.68. The molecule has 2 aromatic carbocycles. The zero-order valence-electron chi connectivity index (χ0n) is 14.4. The molecule has 0 saturated carbocycles. The van der Waals surface area contributed by atoms with Crippen LogP contribution in [-0.4, -0.2) is 18.1 Å². The Morgan fingerprint density at radius 1 is 1.19 bits per heavy atom.